The molecule has 0 spiro atoms. The summed E-state index contributed by atoms with van der Waals surface area (Å²) in [6.45, 7) is 5.82. The number of rotatable bonds is 3. The lowest BCUT2D eigenvalue weighted by atomic mass is 9.96. The molecule has 0 bridgehead atoms. The third-order valence-electron chi connectivity index (χ3n) is 3.07. The summed E-state index contributed by atoms with van der Waals surface area (Å²) in [5.74, 6) is -0.00423. The quantitative estimate of drug-likeness (QED) is 0.812. The second-order valence-electron chi connectivity index (χ2n) is 5.35. The van der Waals surface area contributed by atoms with Crippen LogP contribution in [0.25, 0.3) is 0 Å². The second-order valence-corrected chi connectivity index (χ2v) is 8.21. The molecule has 0 aromatic carbocycles. The highest BCUT2D eigenvalue weighted by molar-refractivity contribution is 7.92. The van der Waals surface area contributed by atoms with E-state index in [-0.39, 0.29) is 17.6 Å². The summed E-state index contributed by atoms with van der Waals surface area (Å²) in [4.78, 5) is 11.5. The SMILES string of the molecule is CC(C)(C)S(=O)(=O)CCC1CCCNC1=O. The highest BCUT2D eigenvalue weighted by Gasteiger charge is 2.31. The van der Waals surface area contributed by atoms with Crippen molar-refractivity contribution in [3.05, 3.63) is 0 Å². The molecule has 1 unspecified atom stereocenters. The first-order chi connectivity index (χ1) is 7.24. The molecule has 0 aromatic heterocycles. The first-order valence-electron chi connectivity index (χ1n) is 5.74. The van der Waals surface area contributed by atoms with E-state index in [1.807, 2.05) is 0 Å². The van der Waals surface area contributed by atoms with E-state index in [1.54, 1.807) is 20.8 Å². The Hall–Kier alpha value is -0.580. The molecule has 16 heavy (non-hydrogen) atoms. The van der Waals surface area contributed by atoms with Gasteiger partial charge >= 0.3 is 0 Å². The van der Waals surface area contributed by atoms with Crippen molar-refractivity contribution in [2.24, 2.45) is 5.92 Å². The molecular formula is C11H21NO3S. The van der Waals surface area contributed by atoms with Gasteiger partial charge in [-0.1, -0.05) is 0 Å². The van der Waals surface area contributed by atoms with E-state index in [0.717, 1.165) is 19.4 Å². The van der Waals surface area contributed by atoms with Crippen LogP contribution in [0.1, 0.15) is 40.0 Å². The third kappa shape index (κ3) is 3.20. The zero-order chi connectivity index (χ0) is 12.4. The Morgan fingerprint density at radius 2 is 2.00 bits per heavy atom. The van der Waals surface area contributed by atoms with Crippen LogP contribution in [0, 0.1) is 5.92 Å². The molecule has 1 saturated heterocycles. The molecule has 4 nitrogen and oxygen atoms in total. The van der Waals surface area contributed by atoms with Crippen LogP contribution in [0.4, 0.5) is 0 Å². The number of hydrogen-bond acceptors (Lipinski definition) is 3. The molecule has 1 aliphatic heterocycles. The van der Waals surface area contributed by atoms with Crippen molar-refractivity contribution < 1.29 is 13.2 Å². The van der Waals surface area contributed by atoms with E-state index in [0.29, 0.717) is 6.42 Å². The number of sulfone groups is 1. The van der Waals surface area contributed by atoms with E-state index in [2.05, 4.69) is 5.32 Å². The van der Waals surface area contributed by atoms with Crippen LogP contribution >= 0.6 is 0 Å². The molecule has 1 rings (SSSR count). The van der Waals surface area contributed by atoms with Crippen molar-refractivity contribution >= 4 is 15.7 Å². The van der Waals surface area contributed by atoms with Gasteiger partial charge in [0.25, 0.3) is 0 Å². The minimum absolute atomic E-state index is 0.00959. The highest BCUT2D eigenvalue weighted by atomic mass is 32.2. The molecule has 5 heteroatoms. The Balaban J connectivity index is 2.54. The van der Waals surface area contributed by atoms with Gasteiger partial charge < -0.3 is 5.32 Å². The van der Waals surface area contributed by atoms with Gasteiger partial charge in [-0.3, -0.25) is 4.79 Å². The summed E-state index contributed by atoms with van der Waals surface area (Å²) < 4.78 is 23.0. The second kappa shape index (κ2) is 4.73. The molecule has 0 saturated carbocycles. The normalized spacial score (nSPS) is 22.9. The number of carbonyl (C=O) groups is 1. The Morgan fingerprint density at radius 3 is 2.50 bits per heavy atom. The van der Waals surface area contributed by atoms with Crippen LogP contribution in [0.15, 0.2) is 0 Å². The molecule has 1 amide bonds. The van der Waals surface area contributed by atoms with Gasteiger partial charge in [0.1, 0.15) is 0 Å². The van der Waals surface area contributed by atoms with Crippen LogP contribution in [-0.2, 0) is 14.6 Å². The standard InChI is InChI=1S/C11H21NO3S/c1-11(2,3)16(14,15)8-6-9-5-4-7-12-10(9)13/h9H,4-8H2,1-3H3,(H,12,13). The number of carbonyl (C=O) groups excluding carboxylic acids is 1. The largest absolute Gasteiger partial charge is 0.356 e. The van der Waals surface area contributed by atoms with Crippen molar-refractivity contribution in [1.29, 1.82) is 0 Å². The van der Waals surface area contributed by atoms with E-state index in [9.17, 15) is 13.2 Å². The fourth-order valence-corrected chi connectivity index (χ4v) is 2.92. The molecule has 1 atom stereocenters. The van der Waals surface area contributed by atoms with Gasteiger partial charge in [-0.25, -0.2) is 8.42 Å². The minimum atomic E-state index is -3.10. The van der Waals surface area contributed by atoms with Crippen LogP contribution in [-0.4, -0.2) is 31.4 Å². The Kier molecular flexibility index (Phi) is 3.99. The van der Waals surface area contributed by atoms with Gasteiger partial charge in [0, 0.05) is 12.5 Å². The van der Waals surface area contributed by atoms with Crippen molar-refractivity contribution in [2.75, 3.05) is 12.3 Å². The van der Waals surface area contributed by atoms with Gasteiger partial charge in [-0.2, -0.15) is 0 Å². The maximum atomic E-state index is 11.9. The molecule has 1 fully saturated rings. The minimum Gasteiger partial charge on any atom is -0.356 e. The van der Waals surface area contributed by atoms with E-state index in [1.165, 1.54) is 0 Å². The Morgan fingerprint density at radius 1 is 1.38 bits per heavy atom. The summed E-state index contributed by atoms with van der Waals surface area (Å²) in [5, 5.41) is 2.77. The first-order valence-corrected chi connectivity index (χ1v) is 7.39. The maximum Gasteiger partial charge on any atom is 0.223 e. The van der Waals surface area contributed by atoms with Crippen LogP contribution in [0.3, 0.4) is 0 Å². The van der Waals surface area contributed by atoms with Gasteiger partial charge in [0.15, 0.2) is 9.84 Å². The maximum absolute atomic E-state index is 11.9. The van der Waals surface area contributed by atoms with E-state index < -0.39 is 14.6 Å². The van der Waals surface area contributed by atoms with E-state index in [4.69, 9.17) is 0 Å². The number of amides is 1. The lowest BCUT2D eigenvalue weighted by Gasteiger charge is -2.24. The zero-order valence-corrected chi connectivity index (χ0v) is 11.1. The summed E-state index contributed by atoms with van der Waals surface area (Å²) in [6.07, 6.45) is 2.21. The van der Waals surface area contributed by atoms with Crippen LogP contribution < -0.4 is 5.32 Å². The van der Waals surface area contributed by atoms with Crippen LogP contribution in [0.2, 0.25) is 0 Å². The molecule has 1 aliphatic rings. The van der Waals surface area contributed by atoms with Crippen molar-refractivity contribution in [3.63, 3.8) is 0 Å². The predicted octanol–water partition coefficient (Wildman–Crippen LogP) is 1.12. The molecule has 1 N–H and O–H groups in total. The average Bonchev–Trinajstić information content (AvgIpc) is 2.15. The van der Waals surface area contributed by atoms with Crippen molar-refractivity contribution in [3.8, 4) is 0 Å². The summed E-state index contributed by atoms with van der Waals surface area (Å²) in [6, 6.07) is 0. The van der Waals surface area contributed by atoms with Crippen LogP contribution in [0.5, 0.6) is 0 Å². The molecule has 94 valence electrons. The molecule has 0 aromatic rings. The highest BCUT2D eigenvalue weighted by Crippen LogP contribution is 2.21. The van der Waals surface area contributed by atoms with Gasteiger partial charge in [0.05, 0.1) is 10.5 Å². The summed E-state index contributed by atoms with van der Waals surface area (Å²) in [5.41, 5.74) is 0. The lowest BCUT2D eigenvalue weighted by Crippen LogP contribution is -2.38. The lowest BCUT2D eigenvalue weighted by molar-refractivity contribution is -0.126. The van der Waals surface area contributed by atoms with Gasteiger partial charge in [-0.15, -0.1) is 0 Å². The van der Waals surface area contributed by atoms with Gasteiger partial charge in [-0.05, 0) is 40.0 Å². The number of piperidine rings is 1. The summed E-state index contributed by atoms with van der Waals surface area (Å²) >= 11 is 0. The van der Waals surface area contributed by atoms with Gasteiger partial charge in [0.2, 0.25) is 5.91 Å². The monoisotopic (exact) mass is 247 g/mol. The Labute approximate surface area is 97.7 Å². The average molecular weight is 247 g/mol. The predicted molar refractivity (Wildman–Crippen MR) is 63.9 cm³/mol. The fourth-order valence-electron chi connectivity index (χ4n) is 1.71. The first kappa shape index (κ1) is 13.5. The third-order valence-corrected chi connectivity index (χ3v) is 5.71. The van der Waals surface area contributed by atoms with Crippen molar-refractivity contribution in [1.82, 2.24) is 5.32 Å². The molecule has 0 radical (unpaired) electrons. The van der Waals surface area contributed by atoms with Crippen molar-refractivity contribution in [2.45, 2.75) is 44.8 Å². The Bertz CT molecular complexity index is 354. The number of hydrogen-bond donors (Lipinski definition) is 1. The fraction of sp³-hybridized carbons (Fsp3) is 0.909. The topological polar surface area (TPSA) is 63.2 Å². The smallest absolute Gasteiger partial charge is 0.223 e. The zero-order valence-electron chi connectivity index (χ0n) is 10.2. The molecule has 0 aliphatic carbocycles. The van der Waals surface area contributed by atoms with E-state index >= 15 is 0 Å². The number of nitrogens with one attached hydrogen (secondary N) is 1. The molecule has 1 heterocycles. The molecular weight excluding hydrogens is 226 g/mol. The summed E-state index contributed by atoms with van der Waals surface area (Å²) in [7, 11) is -3.10.